The molecule has 2 N–H and O–H groups in total. The summed E-state index contributed by atoms with van der Waals surface area (Å²) in [5, 5.41) is 4.77. The maximum absolute atomic E-state index is 12.0. The quantitative estimate of drug-likeness (QED) is 0.270. The van der Waals surface area contributed by atoms with Crippen LogP contribution in [0.25, 0.3) is 65.9 Å². The first-order chi connectivity index (χ1) is 16.8. The smallest absolute Gasteiger partial charge is 0.150 e. The standard InChI is InChI=1S/C31H20N2O/c34-18-19-15-20(22-9-5-11-26-24-7-1-3-13-28(24)32-30(22)26)17-21(16-19)23-10-6-12-27-25-8-2-4-14-29(25)33-31(23)27/h1-18,32-33H. The molecule has 7 rings (SSSR count). The van der Waals surface area contributed by atoms with Crippen molar-refractivity contribution < 1.29 is 4.79 Å². The van der Waals surface area contributed by atoms with Gasteiger partial charge in [0, 0.05) is 49.3 Å². The third-order valence-electron chi connectivity index (χ3n) is 6.80. The summed E-state index contributed by atoms with van der Waals surface area (Å²) in [6, 6.07) is 35.5. The molecule has 0 aliphatic rings. The minimum atomic E-state index is 0.661. The normalized spacial score (nSPS) is 11.6. The van der Waals surface area contributed by atoms with Gasteiger partial charge >= 0.3 is 0 Å². The minimum absolute atomic E-state index is 0.661. The number of para-hydroxylation sites is 4. The first kappa shape index (κ1) is 18.9. The Labute approximate surface area is 195 Å². The number of carbonyl (C=O) groups is 1. The van der Waals surface area contributed by atoms with Crippen LogP contribution in [0, 0.1) is 0 Å². The first-order valence-corrected chi connectivity index (χ1v) is 11.4. The minimum Gasteiger partial charge on any atom is -0.354 e. The molecule has 34 heavy (non-hydrogen) atoms. The molecule has 160 valence electrons. The van der Waals surface area contributed by atoms with Gasteiger partial charge in [0.25, 0.3) is 0 Å². The van der Waals surface area contributed by atoms with Crippen molar-refractivity contribution in [3.63, 3.8) is 0 Å². The fourth-order valence-corrected chi connectivity index (χ4v) is 5.26. The van der Waals surface area contributed by atoms with Crippen LogP contribution in [0.2, 0.25) is 0 Å². The first-order valence-electron chi connectivity index (χ1n) is 11.4. The Balaban J connectivity index is 1.50. The summed E-state index contributed by atoms with van der Waals surface area (Å²) in [5.74, 6) is 0. The van der Waals surface area contributed by atoms with Gasteiger partial charge in [-0.25, -0.2) is 0 Å². The molecule has 0 radical (unpaired) electrons. The topological polar surface area (TPSA) is 48.6 Å². The van der Waals surface area contributed by atoms with Crippen molar-refractivity contribution in [1.29, 1.82) is 0 Å². The number of hydrogen-bond acceptors (Lipinski definition) is 1. The van der Waals surface area contributed by atoms with Crippen molar-refractivity contribution in [3.8, 4) is 22.3 Å². The van der Waals surface area contributed by atoms with Crippen LogP contribution in [0.5, 0.6) is 0 Å². The lowest BCUT2D eigenvalue weighted by atomic mass is 9.94. The fraction of sp³-hybridized carbons (Fsp3) is 0. The molecule has 0 atom stereocenters. The summed E-state index contributed by atoms with van der Waals surface area (Å²) >= 11 is 0. The summed E-state index contributed by atoms with van der Waals surface area (Å²) in [4.78, 5) is 19.2. The molecule has 5 aromatic carbocycles. The summed E-state index contributed by atoms with van der Waals surface area (Å²) in [6.07, 6.45) is 0.934. The predicted molar refractivity (Wildman–Crippen MR) is 141 cm³/mol. The Hall–Kier alpha value is -4.63. The van der Waals surface area contributed by atoms with Crippen LogP contribution < -0.4 is 0 Å². The van der Waals surface area contributed by atoms with Gasteiger partial charge in [0.1, 0.15) is 6.29 Å². The maximum Gasteiger partial charge on any atom is 0.150 e. The zero-order valence-electron chi connectivity index (χ0n) is 18.3. The zero-order valence-corrected chi connectivity index (χ0v) is 18.3. The van der Waals surface area contributed by atoms with Gasteiger partial charge in [-0.2, -0.15) is 0 Å². The summed E-state index contributed by atoms with van der Waals surface area (Å²) in [6.45, 7) is 0. The lowest BCUT2D eigenvalue weighted by Crippen LogP contribution is -1.89. The van der Waals surface area contributed by atoms with Crippen molar-refractivity contribution in [2.45, 2.75) is 0 Å². The third kappa shape index (κ3) is 2.74. The van der Waals surface area contributed by atoms with Crippen molar-refractivity contribution in [2.75, 3.05) is 0 Å². The molecule has 0 bridgehead atoms. The lowest BCUT2D eigenvalue weighted by molar-refractivity contribution is 0.112. The highest BCUT2D eigenvalue weighted by Gasteiger charge is 2.14. The van der Waals surface area contributed by atoms with Crippen LogP contribution in [0.4, 0.5) is 0 Å². The molecule has 7 aromatic rings. The highest BCUT2D eigenvalue weighted by molar-refractivity contribution is 6.13. The molecule has 0 fully saturated rings. The number of aromatic nitrogens is 2. The van der Waals surface area contributed by atoms with Crippen LogP contribution in [0.1, 0.15) is 10.4 Å². The molecule has 2 heterocycles. The van der Waals surface area contributed by atoms with Gasteiger partial charge in [0.05, 0.1) is 11.0 Å². The van der Waals surface area contributed by atoms with Crippen LogP contribution in [-0.2, 0) is 0 Å². The molecule has 0 amide bonds. The maximum atomic E-state index is 12.0. The number of carbonyl (C=O) groups excluding carboxylic acids is 1. The predicted octanol–water partition coefficient (Wildman–Crippen LogP) is 8.10. The van der Waals surface area contributed by atoms with Gasteiger partial charge in [0.15, 0.2) is 0 Å². The molecule has 0 spiro atoms. The highest BCUT2D eigenvalue weighted by atomic mass is 16.1. The Kier molecular flexibility index (Phi) is 4.00. The van der Waals surface area contributed by atoms with Gasteiger partial charge in [-0.05, 0) is 41.5 Å². The molecular weight excluding hydrogens is 416 g/mol. The van der Waals surface area contributed by atoms with E-state index in [-0.39, 0.29) is 0 Å². The second-order valence-electron chi connectivity index (χ2n) is 8.76. The average Bonchev–Trinajstić information content (AvgIpc) is 3.46. The Morgan fingerprint density at radius 3 is 1.47 bits per heavy atom. The van der Waals surface area contributed by atoms with Crippen molar-refractivity contribution in [2.24, 2.45) is 0 Å². The van der Waals surface area contributed by atoms with Gasteiger partial charge < -0.3 is 9.97 Å². The van der Waals surface area contributed by atoms with Crippen molar-refractivity contribution >= 4 is 49.9 Å². The second kappa shape index (κ2) is 7.19. The monoisotopic (exact) mass is 436 g/mol. The van der Waals surface area contributed by atoms with Crippen LogP contribution >= 0.6 is 0 Å². The molecular formula is C31H20N2O. The number of aldehydes is 1. The van der Waals surface area contributed by atoms with Gasteiger partial charge in [0.2, 0.25) is 0 Å². The molecule has 0 unspecified atom stereocenters. The van der Waals surface area contributed by atoms with Crippen LogP contribution in [0.3, 0.4) is 0 Å². The average molecular weight is 437 g/mol. The van der Waals surface area contributed by atoms with Crippen molar-refractivity contribution in [1.82, 2.24) is 9.97 Å². The number of H-pyrrole nitrogens is 2. The Bertz CT molecular complexity index is 1760. The van der Waals surface area contributed by atoms with E-state index in [9.17, 15) is 4.79 Å². The summed E-state index contributed by atoms with van der Waals surface area (Å²) in [5.41, 5.74) is 9.26. The third-order valence-corrected chi connectivity index (χ3v) is 6.80. The van der Waals surface area contributed by atoms with E-state index in [1.807, 2.05) is 24.3 Å². The zero-order chi connectivity index (χ0) is 22.6. The van der Waals surface area contributed by atoms with E-state index in [1.165, 1.54) is 21.5 Å². The largest absolute Gasteiger partial charge is 0.354 e. The van der Waals surface area contributed by atoms with Crippen molar-refractivity contribution in [3.05, 3.63) is 109 Å². The molecule has 0 saturated heterocycles. The van der Waals surface area contributed by atoms with E-state index in [0.717, 1.165) is 50.6 Å². The number of benzene rings is 5. The van der Waals surface area contributed by atoms with Gasteiger partial charge in [-0.15, -0.1) is 0 Å². The molecule has 0 aliphatic carbocycles. The van der Waals surface area contributed by atoms with E-state index >= 15 is 0 Å². The van der Waals surface area contributed by atoms with E-state index in [4.69, 9.17) is 0 Å². The SMILES string of the molecule is O=Cc1cc(-c2cccc3c2[nH]c2ccccc23)cc(-c2cccc3c2[nH]c2ccccc23)c1. The highest BCUT2D eigenvalue weighted by Crippen LogP contribution is 2.38. The Morgan fingerprint density at radius 1 is 0.500 bits per heavy atom. The van der Waals surface area contributed by atoms with Gasteiger partial charge in [-0.3, -0.25) is 4.79 Å². The number of rotatable bonds is 3. The van der Waals surface area contributed by atoms with Gasteiger partial charge in [-0.1, -0.05) is 72.8 Å². The molecule has 0 saturated carbocycles. The Morgan fingerprint density at radius 2 is 0.971 bits per heavy atom. The van der Waals surface area contributed by atoms with Crippen LogP contribution in [-0.4, -0.2) is 16.3 Å². The number of fused-ring (bicyclic) bond motifs is 6. The lowest BCUT2D eigenvalue weighted by Gasteiger charge is -2.10. The molecule has 3 nitrogen and oxygen atoms in total. The van der Waals surface area contributed by atoms with E-state index in [1.54, 1.807) is 0 Å². The van der Waals surface area contributed by atoms with Crippen LogP contribution in [0.15, 0.2) is 103 Å². The summed E-state index contributed by atoms with van der Waals surface area (Å²) in [7, 11) is 0. The van der Waals surface area contributed by atoms with E-state index < -0.39 is 0 Å². The number of hydrogen-bond donors (Lipinski definition) is 2. The summed E-state index contributed by atoms with van der Waals surface area (Å²) < 4.78 is 0. The van der Waals surface area contributed by atoms with E-state index in [0.29, 0.717) is 5.56 Å². The number of nitrogens with one attached hydrogen (secondary N) is 2. The fourth-order valence-electron chi connectivity index (χ4n) is 5.26. The molecule has 0 aliphatic heterocycles. The molecule has 2 aromatic heterocycles. The second-order valence-corrected chi connectivity index (χ2v) is 8.76. The number of aromatic amines is 2. The molecule has 3 heteroatoms. The van der Waals surface area contributed by atoms with E-state index in [2.05, 4.69) is 88.8 Å².